The zero-order valence-corrected chi connectivity index (χ0v) is 13.3. The average molecular weight is 321 g/mol. The molecule has 0 saturated heterocycles. The van der Waals surface area contributed by atoms with E-state index in [1.165, 1.54) is 0 Å². The van der Waals surface area contributed by atoms with Gasteiger partial charge in [-0.25, -0.2) is 0 Å². The van der Waals surface area contributed by atoms with Crippen LogP contribution in [0.3, 0.4) is 0 Å². The monoisotopic (exact) mass is 321 g/mol. The molecule has 1 N–H and O–H groups in total. The van der Waals surface area contributed by atoms with E-state index in [2.05, 4.69) is 11.1 Å². The van der Waals surface area contributed by atoms with E-state index < -0.39 is 5.97 Å². The van der Waals surface area contributed by atoms with Crippen molar-refractivity contribution in [1.29, 1.82) is 0 Å². The van der Waals surface area contributed by atoms with Gasteiger partial charge in [0.1, 0.15) is 12.4 Å². The van der Waals surface area contributed by atoms with E-state index >= 15 is 0 Å². The Bertz CT molecular complexity index is 845. The molecule has 4 heteroatoms. The van der Waals surface area contributed by atoms with E-state index in [-0.39, 0.29) is 6.42 Å². The number of carboxylic acids is 1. The molecule has 0 radical (unpaired) electrons. The van der Waals surface area contributed by atoms with Gasteiger partial charge < -0.3 is 9.84 Å². The van der Waals surface area contributed by atoms with Crippen LogP contribution in [0.15, 0.2) is 60.8 Å². The van der Waals surface area contributed by atoms with Crippen LogP contribution in [-0.2, 0) is 17.8 Å². The smallest absolute Gasteiger partial charge is 0.303 e. The highest BCUT2D eigenvalue weighted by molar-refractivity contribution is 5.78. The SMILES string of the molecule is O=C(O)CCCc1cccc(OCc2cnc3ccccc3c2)c1. The number of fused-ring (bicyclic) bond motifs is 1. The molecule has 0 unspecified atom stereocenters. The number of benzene rings is 2. The van der Waals surface area contributed by atoms with E-state index in [1.807, 2.05) is 54.7 Å². The van der Waals surface area contributed by atoms with Crippen LogP contribution < -0.4 is 4.74 Å². The van der Waals surface area contributed by atoms with Crippen LogP contribution >= 0.6 is 0 Å². The Balaban J connectivity index is 1.61. The largest absolute Gasteiger partial charge is 0.489 e. The Hall–Kier alpha value is -2.88. The number of aryl methyl sites for hydroxylation is 1. The van der Waals surface area contributed by atoms with Gasteiger partial charge in [0.15, 0.2) is 0 Å². The van der Waals surface area contributed by atoms with Crippen LogP contribution in [0.4, 0.5) is 0 Å². The Labute approximate surface area is 140 Å². The summed E-state index contributed by atoms with van der Waals surface area (Å²) in [5.41, 5.74) is 3.08. The summed E-state index contributed by atoms with van der Waals surface area (Å²) in [5, 5.41) is 9.80. The molecule has 0 aliphatic carbocycles. The third-order valence-corrected chi connectivity index (χ3v) is 3.81. The molecule has 122 valence electrons. The van der Waals surface area contributed by atoms with Crippen LogP contribution in [0.5, 0.6) is 5.75 Å². The van der Waals surface area contributed by atoms with Crippen molar-refractivity contribution in [3.63, 3.8) is 0 Å². The van der Waals surface area contributed by atoms with Crippen molar-refractivity contribution in [2.75, 3.05) is 0 Å². The molecule has 0 fully saturated rings. The summed E-state index contributed by atoms with van der Waals surface area (Å²) in [4.78, 5) is 15.0. The summed E-state index contributed by atoms with van der Waals surface area (Å²) >= 11 is 0. The summed E-state index contributed by atoms with van der Waals surface area (Å²) in [5.74, 6) is 0.0298. The molecule has 0 saturated carbocycles. The van der Waals surface area contributed by atoms with Crippen molar-refractivity contribution in [3.8, 4) is 5.75 Å². The van der Waals surface area contributed by atoms with Crippen LogP contribution in [-0.4, -0.2) is 16.1 Å². The average Bonchev–Trinajstić information content (AvgIpc) is 2.60. The molecule has 1 aromatic heterocycles. The number of hydrogen-bond acceptors (Lipinski definition) is 3. The Kier molecular flexibility index (Phi) is 5.06. The third-order valence-electron chi connectivity index (χ3n) is 3.81. The summed E-state index contributed by atoms with van der Waals surface area (Å²) in [6, 6.07) is 17.9. The van der Waals surface area contributed by atoms with Gasteiger partial charge in [0.25, 0.3) is 0 Å². The predicted molar refractivity (Wildman–Crippen MR) is 93.1 cm³/mol. The van der Waals surface area contributed by atoms with Gasteiger partial charge in [-0.3, -0.25) is 9.78 Å². The number of carboxylic acid groups (broad SMARTS) is 1. The predicted octanol–water partition coefficient (Wildman–Crippen LogP) is 4.22. The molecule has 24 heavy (non-hydrogen) atoms. The van der Waals surface area contributed by atoms with Gasteiger partial charge in [-0.2, -0.15) is 0 Å². The number of nitrogens with zero attached hydrogens (tertiary/aromatic N) is 1. The summed E-state index contributed by atoms with van der Waals surface area (Å²) in [7, 11) is 0. The van der Waals surface area contributed by atoms with E-state index in [4.69, 9.17) is 9.84 Å². The molecule has 0 amide bonds. The lowest BCUT2D eigenvalue weighted by Crippen LogP contribution is -1.98. The van der Waals surface area contributed by atoms with Crippen molar-refractivity contribution in [2.24, 2.45) is 0 Å². The molecule has 3 aromatic rings. The topological polar surface area (TPSA) is 59.4 Å². The second-order valence-corrected chi connectivity index (χ2v) is 5.72. The molecule has 0 aliphatic heterocycles. The fourth-order valence-electron chi connectivity index (χ4n) is 2.60. The van der Waals surface area contributed by atoms with Gasteiger partial charge >= 0.3 is 5.97 Å². The maximum Gasteiger partial charge on any atom is 0.303 e. The van der Waals surface area contributed by atoms with Crippen molar-refractivity contribution >= 4 is 16.9 Å². The lowest BCUT2D eigenvalue weighted by atomic mass is 10.1. The number of hydrogen-bond donors (Lipinski definition) is 1. The van der Waals surface area contributed by atoms with Gasteiger partial charge in [0, 0.05) is 23.6 Å². The van der Waals surface area contributed by atoms with Gasteiger partial charge in [0.05, 0.1) is 5.52 Å². The molecule has 0 spiro atoms. The second-order valence-electron chi connectivity index (χ2n) is 5.72. The Morgan fingerprint density at radius 3 is 2.79 bits per heavy atom. The van der Waals surface area contributed by atoms with Crippen molar-refractivity contribution < 1.29 is 14.6 Å². The van der Waals surface area contributed by atoms with Crippen molar-refractivity contribution in [2.45, 2.75) is 25.9 Å². The van der Waals surface area contributed by atoms with Crippen LogP contribution in [0.1, 0.15) is 24.0 Å². The highest BCUT2D eigenvalue weighted by Gasteiger charge is 2.02. The highest BCUT2D eigenvalue weighted by Crippen LogP contribution is 2.18. The molecule has 2 aromatic carbocycles. The van der Waals surface area contributed by atoms with E-state index in [9.17, 15) is 4.79 Å². The molecule has 0 bridgehead atoms. The van der Waals surface area contributed by atoms with Gasteiger partial charge in [-0.05, 0) is 42.7 Å². The Morgan fingerprint density at radius 2 is 1.92 bits per heavy atom. The molecular weight excluding hydrogens is 302 g/mol. The first-order valence-corrected chi connectivity index (χ1v) is 7.98. The highest BCUT2D eigenvalue weighted by atomic mass is 16.5. The minimum absolute atomic E-state index is 0.188. The maximum absolute atomic E-state index is 10.6. The number of carbonyl (C=O) groups is 1. The van der Waals surface area contributed by atoms with Gasteiger partial charge in [-0.15, -0.1) is 0 Å². The molecule has 0 atom stereocenters. The molecule has 3 rings (SSSR count). The standard InChI is InChI=1S/C20H19NO3/c22-20(23)10-4-6-15-5-3-8-18(12-15)24-14-16-11-17-7-1-2-9-19(17)21-13-16/h1-3,5,7-9,11-13H,4,6,10,14H2,(H,22,23). The first-order chi connectivity index (χ1) is 11.7. The molecule has 0 aliphatic rings. The third kappa shape index (κ3) is 4.32. The summed E-state index contributed by atoms with van der Waals surface area (Å²) in [6.45, 7) is 0.455. The maximum atomic E-state index is 10.6. The van der Waals surface area contributed by atoms with E-state index in [0.717, 1.165) is 34.2 Å². The van der Waals surface area contributed by atoms with Crippen LogP contribution in [0.25, 0.3) is 10.9 Å². The van der Waals surface area contributed by atoms with Crippen molar-refractivity contribution in [3.05, 3.63) is 71.9 Å². The molecule has 1 heterocycles. The number of pyridine rings is 1. The quantitative estimate of drug-likeness (QED) is 0.708. The van der Waals surface area contributed by atoms with Crippen LogP contribution in [0.2, 0.25) is 0 Å². The number of aromatic nitrogens is 1. The first kappa shape index (κ1) is 16.0. The number of rotatable bonds is 7. The fraction of sp³-hybridized carbons (Fsp3) is 0.200. The van der Waals surface area contributed by atoms with Gasteiger partial charge in [-0.1, -0.05) is 30.3 Å². The number of ether oxygens (including phenoxy) is 1. The van der Waals surface area contributed by atoms with Crippen molar-refractivity contribution in [1.82, 2.24) is 4.98 Å². The zero-order valence-electron chi connectivity index (χ0n) is 13.3. The minimum atomic E-state index is -0.758. The summed E-state index contributed by atoms with van der Waals surface area (Å²) < 4.78 is 5.85. The van der Waals surface area contributed by atoms with E-state index in [1.54, 1.807) is 0 Å². The number of aliphatic carboxylic acids is 1. The number of para-hydroxylation sites is 1. The van der Waals surface area contributed by atoms with Crippen LogP contribution in [0, 0.1) is 0 Å². The first-order valence-electron chi connectivity index (χ1n) is 7.98. The molecule has 4 nitrogen and oxygen atoms in total. The second kappa shape index (κ2) is 7.59. The Morgan fingerprint density at radius 1 is 1.04 bits per heavy atom. The molecular formula is C20H19NO3. The normalized spacial score (nSPS) is 10.7. The van der Waals surface area contributed by atoms with E-state index in [0.29, 0.717) is 13.0 Å². The lowest BCUT2D eigenvalue weighted by molar-refractivity contribution is -0.137. The lowest BCUT2D eigenvalue weighted by Gasteiger charge is -2.08. The fourth-order valence-corrected chi connectivity index (χ4v) is 2.60. The zero-order chi connectivity index (χ0) is 16.8. The summed E-state index contributed by atoms with van der Waals surface area (Å²) in [6.07, 6.45) is 3.39. The minimum Gasteiger partial charge on any atom is -0.489 e. The van der Waals surface area contributed by atoms with Gasteiger partial charge in [0.2, 0.25) is 0 Å².